The Kier molecular flexibility index (Phi) is 6.34. The third-order valence-electron chi connectivity index (χ3n) is 5.50. The molecular weight excluding hydrogens is 316 g/mol. The van der Waals surface area contributed by atoms with Crippen molar-refractivity contribution in [2.45, 2.75) is 38.3 Å². The molecule has 2 aliphatic heterocycles. The van der Waals surface area contributed by atoms with Gasteiger partial charge >= 0.3 is 0 Å². The lowest BCUT2D eigenvalue weighted by atomic mass is 9.99. The van der Waals surface area contributed by atoms with Crippen LogP contribution in [0.5, 0.6) is 5.75 Å². The number of piperidine rings is 1. The molecule has 1 aromatic rings. The molecule has 1 aromatic carbocycles. The first-order chi connectivity index (χ1) is 12.1. The van der Waals surface area contributed by atoms with E-state index in [1.807, 2.05) is 31.2 Å². The minimum Gasteiger partial charge on any atom is -0.490 e. The number of likely N-dealkylation sites (tertiary alicyclic amines) is 1. The first-order valence-electron chi connectivity index (χ1n) is 9.54. The molecule has 2 aliphatic rings. The topological polar surface area (TPSA) is 45.2 Å². The van der Waals surface area contributed by atoms with Crippen molar-refractivity contribution in [3.8, 4) is 5.75 Å². The summed E-state index contributed by atoms with van der Waals surface area (Å²) >= 11 is 0. The van der Waals surface area contributed by atoms with Crippen LogP contribution in [0.2, 0.25) is 0 Å². The molecule has 0 saturated carbocycles. The molecule has 0 spiro atoms. The summed E-state index contributed by atoms with van der Waals surface area (Å²) in [6.07, 6.45) is 2.34. The fourth-order valence-corrected chi connectivity index (χ4v) is 3.88. The predicted molar refractivity (Wildman–Crippen MR) is 99.2 cm³/mol. The van der Waals surface area contributed by atoms with Crippen LogP contribution in [-0.4, -0.2) is 79.1 Å². The van der Waals surface area contributed by atoms with Gasteiger partial charge in [-0.15, -0.1) is 0 Å². The lowest BCUT2D eigenvalue weighted by Gasteiger charge is -2.40. The van der Waals surface area contributed by atoms with Crippen LogP contribution in [0.1, 0.15) is 25.3 Å². The van der Waals surface area contributed by atoms with Crippen molar-refractivity contribution in [1.82, 2.24) is 9.80 Å². The number of aryl methyl sites for hydroxylation is 1. The first-order valence-corrected chi connectivity index (χ1v) is 9.54. The molecule has 0 bridgehead atoms. The largest absolute Gasteiger partial charge is 0.490 e. The molecule has 0 aromatic heterocycles. The summed E-state index contributed by atoms with van der Waals surface area (Å²) in [5.41, 5.74) is 0.130. The van der Waals surface area contributed by atoms with E-state index in [0.29, 0.717) is 25.8 Å². The number of aliphatic hydroxyl groups is 1. The Morgan fingerprint density at radius 1 is 1.24 bits per heavy atom. The van der Waals surface area contributed by atoms with Gasteiger partial charge in [0.1, 0.15) is 18.0 Å². The second-order valence-electron chi connectivity index (χ2n) is 7.47. The first kappa shape index (κ1) is 18.6. The standard InChI is InChI=1S/C20H32N2O3/c1-3-21-10-8-18(9-11-21)22-12-13-24-15-20(23,14-22)16-25-19-7-5-4-6-17(19)2/h4-7,18,23H,3,8-16H2,1-2H3. The lowest BCUT2D eigenvalue weighted by molar-refractivity contribution is -0.0690. The zero-order valence-electron chi connectivity index (χ0n) is 15.6. The van der Waals surface area contributed by atoms with Gasteiger partial charge < -0.3 is 19.5 Å². The zero-order chi connectivity index (χ0) is 17.7. The number of β-amino-alcohol motifs (C(OH)–C–C–N with tert-alkyl or cyclic N) is 1. The van der Waals surface area contributed by atoms with Crippen molar-refractivity contribution >= 4 is 0 Å². The molecule has 2 fully saturated rings. The Balaban J connectivity index is 1.59. The molecule has 1 unspecified atom stereocenters. The molecule has 3 rings (SSSR count). The number of ether oxygens (including phenoxy) is 2. The van der Waals surface area contributed by atoms with Crippen molar-refractivity contribution in [3.05, 3.63) is 29.8 Å². The Labute approximate surface area is 151 Å². The summed E-state index contributed by atoms with van der Waals surface area (Å²) in [4.78, 5) is 4.92. The van der Waals surface area contributed by atoms with E-state index in [4.69, 9.17) is 9.47 Å². The van der Waals surface area contributed by atoms with Crippen LogP contribution in [0.4, 0.5) is 0 Å². The maximum atomic E-state index is 11.1. The van der Waals surface area contributed by atoms with Crippen LogP contribution < -0.4 is 4.74 Å². The maximum Gasteiger partial charge on any atom is 0.134 e. The fourth-order valence-electron chi connectivity index (χ4n) is 3.88. The smallest absolute Gasteiger partial charge is 0.134 e. The fraction of sp³-hybridized carbons (Fsp3) is 0.700. The summed E-state index contributed by atoms with van der Waals surface area (Å²) < 4.78 is 11.7. The SMILES string of the molecule is CCN1CCC(N2CCOCC(O)(COc3ccccc3C)C2)CC1. The summed E-state index contributed by atoms with van der Waals surface area (Å²) in [7, 11) is 0. The molecular formula is C20H32N2O3. The van der Waals surface area contributed by atoms with Crippen LogP contribution in [0.25, 0.3) is 0 Å². The van der Waals surface area contributed by atoms with E-state index in [1.165, 1.54) is 12.8 Å². The molecule has 0 aliphatic carbocycles. The van der Waals surface area contributed by atoms with Gasteiger partial charge in [-0.1, -0.05) is 25.1 Å². The molecule has 0 amide bonds. The van der Waals surface area contributed by atoms with Gasteiger partial charge in [0, 0.05) is 19.1 Å². The average Bonchev–Trinajstić information content (AvgIpc) is 2.83. The van der Waals surface area contributed by atoms with E-state index in [0.717, 1.165) is 37.5 Å². The second kappa shape index (κ2) is 8.49. The number of hydrogen-bond acceptors (Lipinski definition) is 5. The lowest BCUT2D eigenvalue weighted by Crippen LogP contribution is -2.53. The highest BCUT2D eigenvalue weighted by molar-refractivity contribution is 5.31. The van der Waals surface area contributed by atoms with E-state index in [2.05, 4.69) is 16.7 Å². The quantitative estimate of drug-likeness (QED) is 0.881. The van der Waals surface area contributed by atoms with Gasteiger partial charge in [0.15, 0.2) is 0 Å². The number of rotatable bonds is 5. The molecule has 0 radical (unpaired) electrons. The van der Waals surface area contributed by atoms with E-state index in [1.54, 1.807) is 0 Å². The number of para-hydroxylation sites is 1. The van der Waals surface area contributed by atoms with Crippen molar-refractivity contribution < 1.29 is 14.6 Å². The number of benzene rings is 1. The van der Waals surface area contributed by atoms with Crippen LogP contribution in [0.15, 0.2) is 24.3 Å². The number of hydrogen-bond donors (Lipinski definition) is 1. The van der Waals surface area contributed by atoms with Gasteiger partial charge in [-0.25, -0.2) is 0 Å². The minimum atomic E-state index is -0.958. The third kappa shape index (κ3) is 4.94. The zero-order valence-corrected chi connectivity index (χ0v) is 15.6. The maximum absolute atomic E-state index is 11.1. The molecule has 5 heteroatoms. The van der Waals surface area contributed by atoms with E-state index in [-0.39, 0.29) is 6.61 Å². The Hall–Kier alpha value is -1.14. The summed E-state index contributed by atoms with van der Waals surface area (Å²) in [5.74, 6) is 0.836. The molecule has 2 heterocycles. The minimum absolute atomic E-state index is 0.266. The number of nitrogens with zero attached hydrogens (tertiary/aromatic N) is 2. The van der Waals surface area contributed by atoms with Crippen molar-refractivity contribution in [2.75, 3.05) is 52.5 Å². The van der Waals surface area contributed by atoms with Crippen molar-refractivity contribution in [1.29, 1.82) is 0 Å². The molecule has 5 nitrogen and oxygen atoms in total. The average molecular weight is 348 g/mol. The summed E-state index contributed by atoms with van der Waals surface area (Å²) in [6, 6.07) is 8.47. The predicted octanol–water partition coefficient (Wildman–Crippen LogP) is 1.92. The van der Waals surface area contributed by atoms with Gasteiger partial charge in [-0.05, 0) is 51.0 Å². The van der Waals surface area contributed by atoms with Gasteiger partial charge in [0.05, 0.1) is 13.2 Å². The summed E-state index contributed by atoms with van der Waals surface area (Å²) in [6.45, 7) is 10.5. The van der Waals surface area contributed by atoms with Gasteiger partial charge in [0.2, 0.25) is 0 Å². The van der Waals surface area contributed by atoms with Crippen LogP contribution in [0, 0.1) is 6.92 Å². The van der Waals surface area contributed by atoms with Gasteiger partial charge in [-0.3, -0.25) is 4.90 Å². The highest BCUT2D eigenvalue weighted by atomic mass is 16.5. The highest BCUT2D eigenvalue weighted by Crippen LogP contribution is 2.23. The Morgan fingerprint density at radius 2 is 2.00 bits per heavy atom. The van der Waals surface area contributed by atoms with Crippen LogP contribution in [-0.2, 0) is 4.74 Å². The normalized spacial score (nSPS) is 27.2. The summed E-state index contributed by atoms with van der Waals surface area (Å²) in [5, 5.41) is 11.1. The monoisotopic (exact) mass is 348 g/mol. The second-order valence-corrected chi connectivity index (χ2v) is 7.47. The van der Waals surface area contributed by atoms with Crippen molar-refractivity contribution in [3.63, 3.8) is 0 Å². The Morgan fingerprint density at radius 3 is 2.72 bits per heavy atom. The van der Waals surface area contributed by atoms with E-state index >= 15 is 0 Å². The van der Waals surface area contributed by atoms with E-state index < -0.39 is 5.60 Å². The van der Waals surface area contributed by atoms with Gasteiger partial charge in [0.25, 0.3) is 0 Å². The molecule has 1 atom stereocenters. The molecule has 2 saturated heterocycles. The van der Waals surface area contributed by atoms with Crippen LogP contribution >= 0.6 is 0 Å². The van der Waals surface area contributed by atoms with Gasteiger partial charge in [-0.2, -0.15) is 0 Å². The van der Waals surface area contributed by atoms with Crippen molar-refractivity contribution in [2.24, 2.45) is 0 Å². The highest BCUT2D eigenvalue weighted by Gasteiger charge is 2.36. The van der Waals surface area contributed by atoms with Crippen LogP contribution in [0.3, 0.4) is 0 Å². The third-order valence-corrected chi connectivity index (χ3v) is 5.50. The molecule has 25 heavy (non-hydrogen) atoms. The molecule has 140 valence electrons. The van der Waals surface area contributed by atoms with E-state index in [9.17, 15) is 5.11 Å². The Bertz CT molecular complexity index is 545. The molecule has 1 N–H and O–H groups in total.